The Morgan fingerprint density at radius 1 is 0.714 bits per heavy atom. The maximum absolute atomic E-state index is 12.1. The Morgan fingerprint density at radius 3 is 1.46 bits per heavy atom. The van der Waals surface area contributed by atoms with E-state index in [1.165, 1.54) is 23.2 Å². The largest absolute Gasteiger partial charge is 0.507 e. The number of carbonyl (C=O) groups excluding carboxylic acids is 2. The Balaban J connectivity index is 0.000000323. The molecule has 0 atom stereocenters. The molecule has 0 unspecified atom stereocenters. The van der Waals surface area contributed by atoms with E-state index in [-0.39, 0.29) is 74.4 Å². The number of para-hydroxylation sites is 3. The first-order valence-electron chi connectivity index (χ1n) is 18.7. The standard InChI is InChI=1S/C25H26N6O5.C9H14N6O3.C8H6O/c1-17(2)24(35)36-16-25(15-32,13-30-11-20(26-28-30)18-7-3-5-9-22(18)33)14-31-12-21(27-29-31)19-8-4-6-10-23(19)34;1-7(2)8(17)18-6-9(5-16,3-12-14-10)4-13-15-11;1-2-7-5-3-4-6-8(7)9/h3-12,32-34H,1,13-16H2,2H3;16H,1,3-6H2,2H3;1,3-6,9H. The summed E-state index contributed by atoms with van der Waals surface area (Å²) in [5.74, 6) is 1.42. The molecule has 0 saturated carbocycles. The van der Waals surface area contributed by atoms with E-state index in [9.17, 15) is 30.0 Å². The van der Waals surface area contributed by atoms with Crippen LogP contribution in [-0.2, 0) is 32.2 Å². The molecule has 0 spiro atoms. The molecule has 3 aromatic carbocycles. The van der Waals surface area contributed by atoms with Crippen molar-refractivity contribution in [1.82, 2.24) is 30.0 Å². The highest BCUT2D eigenvalue weighted by Crippen LogP contribution is 2.30. The average molecular weight is 863 g/mol. The fourth-order valence-corrected chi connectivity index (χ4v) is 5.28. The molecule has 0 aliphatic carbocycles. The number of aromatic hydroxyl groups is 3. The summed E-state index contributed by atoms with van der Waals surface area (Å²) >= 11 is 0. The van der Waals surface area contributed by atoms with Crippen LogP contribution in [0, 0.1) is 23.2 Å². The molecule has 5 N–H and O–H groups in total. The van der Waals surface area contributed by atoms with Gasteiger partial charge in [-0.15, -0.1) is 16.6 Å². The summed E-state index contributed by atoms with van der Waals surface area (Å²) in [6.45, 7) is 8.72. The summed E-state index contributed by atoms with van der Waals surface area (Å²) in [4.78, 5) is 28.5. The summed E-state index contributed by atoms with van der Waals surface area (Å²) < 4.78 is 13.3. The molecule has 2 aromatic heterocycles. The smallest absolute Gasteiger partial charge is 0.333 e. The number of aliphatic hydroxyl groups excluding tert-OH is 2. The van der Waals surface area contributed by atoms with Crippen LogP contribution in [0.2, 0.25) is 0 Å². The average Bonchev–Trinajstić information content (AvgIpc) is 3.95. The van der Waals surface area contributed by atoms with Crippen LogP contribution in [0.5, 0.6) is 17.2 Å². The van der Waals surface area contributed by atoms with Crippen molar-refractivity contribution >= 4 is 11.9 Å². The Morgan fingerprint density at radius 2 is 1.11 bits per heavy atom. The monoisotopic (exact) mass is 862 g/mol. The summed E-state index contributed by atoms with van der Waals surface area (Å²) in [7, 11) is 0. The van der Waals surface area contributed by atoms with E-state index in [0.717, 1.165) is 0 Å². The van der Waals surface area contributed by atoms with Gasteiger partial charge in [0.2, 0.25) is 0 Å². The SMILES string of the molecule is C#Cc1ccccc1O.C=C(C)C(=O)OCC(CO)(CN=[N+]=[N-])CN=[N+]=[N-].C=C(C)C(=O)OCC(CO)(Cn1cc(-c2ccccc2O)nn1)Cn1cc(-c2ccccc2O)nn1. The predicted molar refractivity (Wildman–Crippen MR) is 229 cm³/mol. The van der Waals surface area contributed by atoms with E-state index in [4.69, 9.17) is 32.1 Å². The number of carbonyl (C=O) groups is 2. The number of rotatable bonds is 18. The Labute approximate surface area is 361 Å². The second-order valence-corrected chi connectivity index (χ2v) is 14.1. The van der Waals surface area contributed by atoms with Crippen molar-refractivity contribution in [1.29, 1.82) is 0 Å². The Kier molecular flexibility index (Phi) is 18.9. The number of aromatic nitrogens is 6. The summed E-state index contributed by atoms with van der Waals surface area (Å²) in [5, 5.41) is 72.2. The summed E-state index contributed by atoms with van der Waals surface area (Å²) in [5.41, 5.74) is 17.3. The molecule has 5 rings (SSSR count). The molecule has 328 valence electrons. The molecule has 0 fully saturated rings. The summed E-state index contributed by atoms with van der Waals surface area (Å²) in [6, 6.07) is 20.3. The number of azide groups is 2. The molecule has 0 aliphatic heterocycles. The van der Waals surface area contributed by atoms with Gasteiger partial charge >= 0.3 is 11.9 Å². The van der Waals surface area contributed by atoms with Crippen molar-refractivity contribution in [3.63, 3.8) is 0 Å². The molecule has 0 radical (unpaired) electrons. The fourth-order valence-electron chi connectivity index (χ4n) is 5.28. The molecule has 0 bridgehead atoms. The van der Waals surface area contributed by atoms with Crippen LogP contribution in [0.25, 0.3) is 43.4 Å². The number of esters is 2. The third-order valence-corrected chi connectivity index (χ3v) is 8.82. The second-order valence-electron chi connectivity index (χ2n) is 14.1. The molecular formula is C42H46N12O9. The number of terminal acetylenes is 1. The minimum atomic E-state index is -1.11. The van der Waals surface area contributed by atoms with Crippen molar-refractivity contribution in [3.8, 4) is 52.1 Å². The second kappa shape index (κ2) is 24.2. The Bertz CT molecular complexity index is 2390. The minimum absolute atomic E-state index is 0.0627. The molecule has 5 aromatic rings. The zero-order chi connectivity index (χ0) is 46.4. The fraction of sp³-hybridized carbons (Fsp3) is 0.286. The van der Waals surface area contributed by atoms with Crippen molar-refractivity contribution in [2.45, 2.75) is 26.9 Å². The van der Waals surface area contributed by atoms with Crippen LogP contribution in [0.3, 0.4) is 0 Å². The van der Waals surface area contributed by atoms with Gasteiger partial charge in [0.1, 0.15) is 35.2 Å². The zero-order valence-electron chi connectivity index (χ0n) is 34.5. The highest BCUT2D eigenvalue weighted by Gasteiger charge is 2.35. The van der Waals surface area contributed by atoms with Gasteiger partial charge in [0.15, 0.2) is 0 Å². The van der Waals surface area contributed by atoms with Gasteiger partial charge in [-0.2, -0.15) is 0 Å². The van der Waals surface area contributed by atoms with Crippen molar-refractivity contribution in [2.75, 3.05) is 39.5 Å². The molecule has 0 aliphatic rings. The number of hydrogen-bond donors (Lipinski definition) is 5. The van der Waals surface area contributed by atoms with Gasteiger partial charge in [-0.25, -0.2) is 9.59 Å². The zero-order valence-corrected chi connectivity index (χ0v) is 34.5. The maximum atomic E-state index is 12.1. The first-order valence-corrected chi connectivity index (χ1v) is 18.7. The number of benzene rings is 3. The highest BCUT2D eigenvalue weighted by molar-refractivity contribution is 5.87. The normalized spacial score (nSPS) is 11.3. The van der Waals surface area contributed by atoms with Crippen LogP contribution >= 0.6 is 0 Å². The van der Waals surface area contributed by atoms with E-state index in [0.29, 0.717) is 28.1 Å². The lowest BCUT2D eigenvalue weighted by Gasteiger charge is -2.30. The van der Waals surface area contributed by atoms with Crippen LogP contribution < -0.4 is 0 Å². The van der Waals surface area contributed by atoms with E-state index >= 15 is 0 Å². The van der Waals surface area contributed by atoms with Crippen LogP contribution in [0.4, 0.5) is 0 Å². The van der Waals surface area contributed by atoms with Gasteiger partial charge in [0.05, 0.1) is 56.3 Å². The number of nitrogens with zero attached hydrogens (tertiary/aromatic N) is 12. The van der Waals surface area contributed by atoms with Gasteiger partial charge in [-0.05, 0) is 61.3 Å². The molecule has 63 heavy (non-hydrogen) atoms. The van der Waals surface area contributed by atoms with Gasteiger partial charge in [0.25, 0.3) is 0 Å². The maximum Gasteiger partial charge on any atom is 0.333 e. The predicted octanol–water partition coefficient (Wildman–Crippen LogP) is 5.49. The first kappa shape index (κ1) is 49.2. The van der Waals surface area contributed by atoms with Crippen LogP contribution in [0.1, 0.15) is 19.4 Å². The first-order chi connectivity index (χ1) is 30.2. The lowest BCUT2D eigenvalue weighted by Crippen LogP contribution is -2.41. The molecule has 21 nitrogen and oxygen atoms in total. The number of phenolic OH excluding ortho intramolecular Hbond substituents is 3. The van der Waals surface area contributed by atoms with E-state index in [2.05, 4.69) is 59.8 Å². The molecule has 2 heterocycles. The highest BCUT2D eigenvalue weighted by atomic mass is 16.5. The quantitative estimate of drug-likeness (QED) is 0.0182. The van der Waals surface area contributed by atoms with Crippen LogP contribution in [-0.4, -0.2) is 107 Å². The minimum Gasteiger partial charge on any atom is -0.507 e. The number of aliphatic hydroxyl groups is 2. The van der Waals surface area contributed by atoms with Crippen LogP contribution in [0.15, 0.2) is 120 Å². The van der Waals surface area contributed by atoms with E-state index < -0.39 is 29.4 Å². The number of hydrogen-bond acceptors (Lipinski definition) is 15. The number of phenols is 3. The molecule has 21 heteroatoms. The number of ether oxygens (including phenoxy) is 2. The van der Waals surface area contributed by atoms with E-state index in [1.807, 2.05) is 0 Å². The van der Waals surface area contributed by atoms with Crippen molar-refractivity contribution < 1.29 is 44.6 Å². The van der Waals surface area contributed by atoms with Crippen molar-refractivity contribution in [2.24, 2.45) is 21.1 Å². The summed E-state index contributed by atoms with van der Waals surface area (Å²) in [6.07, 6.45) is 8.31. The lowest BCUT2D eigenvalue weighted by molar-refractivity contribution is -0.145. The lowest BCUT2D eigenvalue weighted by atomic mass is 9.89. The third kappa shape index (κ3) is 14.8. The van der Waals surface area contributed by atoms with Gasteiger partial charge in [0, 0.05) is 50.6 Å². The third-order valence-electron chi connectivity index (χ3n) is 8.82. The molecular weight excluding hydrogens is 817 g/mol. The van der Waals surface area contributed by atoms with Gasteiger partial charge in [-0.3, -0.25) is 9.36 Å². The van der Waals surface area contributed by atoms with E-state index in [1.54, 1.807) is 85.2 Å². The molecule has 0 saturated heterocycles. The van der Waals surface area contributed by atoms with Crippen molar-refractivity contribution in [3.05, 3.63) is 136 Å². The van der Waals surface area contributed by atoms with Gasteiger partial charge < -0.3 is 35.0 Å². The Hall–Kier alpha value is -8.14. The topological polar surface area (TPSA) is 313 Å². The molecule has 0 amide bonds. The van der Waals surface area contributed by atoms with Gasteiger partial charge in [-0.1, -0.05) is 76.1 Å².